The molecule has 1 aliphatic rings. The normalized spacial score (nSPS) is 13.1. The van der Waals surface area contributed by atoms with E-state index in [0.29, 0.717) is 16.2 Å². The Morgan fingerprint density at radius 3 is 2.08 bits per heavy atom. The van der Waals surface area contributed by atoms with E-state index in [9.17, 15) is 48.5 Å². The molecule has 1 heterocycles. The second-order valence-electron chi connectivity index (χ2n) is 11.4. The maximum atomic E-state index is 13.3. The van der Waals surface area contributed by atoms with Crippen LogP contribution in [0, 0.1) is 16.0 Å². The highest BCUT2D eigenvalue weighted by atomic mass is 16.7. The summed E-state index contributed by atoms with van der Waals surface area (Å²) in [6.45, 7) is 1.78. The van der Waals surface area contributed by atoms with E-state index in [4.69, 9.17) is 15.2 Å². The molecule has 2 atom stereocenters. The molecule has 20 nitrogen and oxygen atoms in total. The second kappa shape index (κ2) is 18.8. The lowest BCUT2D eigenvalue weighted by atomic mass is 10.0. The fourth-order valence-electron chi connectivity index (χ4n) is 4.41. The summed E-state index contributed by atoms with van der Waals surface area (Å²) in [6.07, 6.45) is 0.868. The van der Waals surface area contributed by atoms with Crippen molar-refractivity contribution in [3.05, 3.63) is 76.4 Å². The minimum absolute atomic E-state index is 0.0395. The van der Waals surface area contributed by atoms with Gasteiger partial charge in [0.05, 0.1) is 11.5 Å². The maximum absolute atomic E-state index is 13.3. The molecule has 52 heavy (non-hydrogen) atoms. The Hall–Kier alpha value is -6.86. The summed E-state index contributed by atoms with van der Waals surface area (Å²) >= 11 is 0. The number of carbonyl (C=O) groups is 8. The number of nitro benzene ring substituents is 1. The quantitative estimate of drug-likeness (QED) is 0.0412. The van der Waals surface area contributed by atoms with Gasteiger partial charge in [-0.05, 0) is 42.2 Å². The van der Waals surface area contributed by atoms with E-state index in [-0.39, 0.29) is 31.0 Å². The average molecular weight is 725 g/mol. The van der Waals surface area contributed by atoms with E-state index in [2.05, 4.69) is 26.6 Å². The standard InChI is InChI=1S/C32H36N8O12/c1-18(2)28(38-24(41)15-35-25(42)16-39-26(43)11-12-27(39)44)30(46)37-23(13-14-34-31(33)47)29(45)36-20-5-3-19(4-6-20)17-51-32(48)52-22-9-7-21(8-10-22)40(49)50/h3-12,18,23,28H,13-17H2,1-2H3,(H,35,42)(H,36,45)(H,37,46)(H,38,41)(H3,33,34,47)/t23-,28-/m0/s1. The van der Waals surface area contributed by atoms with Crippen molar-refractivity contribution in [2.75, 3.05) is 25.0 Å². The van der Waals surface area contributed by atoms with Crippen LogP contribution in [-0.2, 0) is 40.1 Å². The lowest BCUT2D eigenvalue weighted by Crippen LogP contribution is -2.56. The molecule has 1 aliphatic heterocycles. The Labute approximate surface area is 295 Å². The molecule has 0 aromatic heterocycles. The third-order valence-electron chi connectivity index (χ3n) is 7.11. The van der Waals surface area contributed by atoms with Gasteiger partial charge in [0.2, 0.25) is 23.6 Å². The van der Waals surface area contributed by atoms with Crippen molar-refractivity contribution in [3.8, 4) is 5.75 Å². The van der Waals surface area contributed by atoms with Crippen LogP contribution in [0.3, 0.4) is 0 Å². The molecule has 3 rings (SSSR count). The zero-order valence-electron chi connectivity index (χ0n) is 27.9. The molecule has 2 aromatic rings. The predicted octanol–water partition coefficient (Wildman–Crippen LogP) is -0.0259. The Morgan fingerprint density at radius 1 is 0.865 bits per heavy atom. The number of carbonyl (C=O) groups excluding carboxylic acids is 8. The Morgan fingerprint density at radius 2 is 1.50 bits per heavy atom. The minimum Gasteiger partial charge on any atom is -0.429 e. The molecular weight excluding hydrogens is 688 g/mol. The largest absolute Gasteiger partial charge is 0.514 e. The van der Waals surface area contributed by atoms with Crippen molar-refractivity contribution in [2.45, 2.75) is 39.0 Å². The van der Waals surface area contributed by atoms with Gasteiger partial charge in [-0.3, -0.25) is 43.8 Å². The number of nitrogens with zero attached hydrogens (tertiary/aromatic N) is 2. The summed E-state index contributed by atoms with van der Waals surface area (Å²) in [5.41, 5.74) is 5.75. The van der Waals surface area contributed by atoms with Crippen molar-refractivity contribution in [2.24, 2.45) is 11.7 Å². The number of nitrogens with two attached hydrogens (primary N) is 1. The van der Waals surface area contributed by atoms with Crippen LogP contribution in [0.2, 0.25) is 0 Å². The molecule has 0 spiro atoms. The molecule has 8 amide bonds. The predicted molar refractivity (Wildman–Crippen MR) is 179 cm³/mol. The summed E-state index contributed by atoms with van der Waals surface area (Å²) < 4.78 is 10.0. The number of benzene rings is 2. The summed E-state index contributed by atoms with van der Waals surface area (Å²) in [5.74, 6) is -4.77. The van der Waals surface area contributed by atoms with Gasteiger partial charge in [-0.25, -0.2) is 9.59 Å². The van der Waals surface area contributed by atoms with E-state index in [0.717, 1.165) is 24.3 Å². The number of primary amides is 1. The molecule has 20 heteroatoms. The summed E-state index contributed by atoms with van der Waals surface area (Å²) in [7, 11) is 0. The molecule has 0 saturated carbocycles. The van der Waals surface area contributed by atoms with Crippen LogP contribution in [-0.4, -0.2) is 89.2 Å². The highest BCUT2D eigenvalue weighted by Gasteiger charge is 2.30. The van der Waals surface area contributed by atoms with Gasteiger partial charge in [0.25, 0.3) is 17.5 Å². The third kappa shape index (κ3) is 12.5. The molecular formula is C32H36N8O12. The SMILES string of the molecule is CC(C)[C@H](NC(=O)CNC(=O)CN1C(=O)C=CC1=O)C(=O)N[C@@H](CCNC(N)=O)C(=O)Nc1ccc(COC(=O)Oc2ccc([N+](=O)[O-])cc2)cc1. The van der Waals surface area contributed by atoms with E-state index in [1.54, 1.807) is 13.8 Å². The summed E-state index contributed by atoms with van der Waals surface area (Å²) in [5, 5.41) is 23.0. The Balaban J connectivity index is 1.54. The van der Waals surface area contributed by atoms with Crippen molar-refractivity contribution in [3.63, 3.8) is 0 Å². The fourth-order valence-corrected chi connectivity index (χ4v) is 4.41. The van der Waals surface area contributed by atoms with E-state index in [1.165, 1.54) is 36.4 Å². The van der Waals surface area contributed by atoms with E-state index in [1.807, 2.05) is 0 Å². The van der Waals surface area contributed by atoms with Gasteiger partial charge in [-0.15, -0.1) is 0 Å². The zero-order chi connectivity index (χ0) is 38.4. The number of hydrogen-bond acceptors (Lipinski definition) is 12. The average Bonchev–Trinajstić information content (AvgIpc) is 3.40. The Bertz CT molecular complexity index is 1710. The number of anilines is 1. The van der Waals surface area contributed by atoms with Crippen molar-refractivity contribution in [1.82, 2.24) is 26.2 Å². The summed E-state index contributed by atoms with van der Waals surface area (Å²) in [4.78, 5) is 109. The van der Waals surface area contributed by atoms with Crippen molar-refractivity contribution < 1.29 is 52.8 Å². The van der Waals surface area contributed by atoms with Crippen molar-refractivity contribution >= 4 is 59.0 Å². The number of ether oxygens (including phenoxy) is 2. The highest BCUT2D eigenvalue weighted by Crippen LogP contribution is 2.18. The number of hydrogen-bond donors (Lipinski definition) is 6. The number of rotatable bonds is 17. The van der Waals surface area contributed by atoms with Gasteiger partial charge < -0.3 is 41.8 Å². The summed E-state index contributed by atoms with van der Waals surface area (Å²) in [6, 6.07) is 7.63. The number of urea groups is 1. The molecule has 276 valence electrons. The maximum Gasteiger partial charge on any atom is 0.514 e. The number of non-ortho nitro benzene ring substituents is 1. The highest BCUT2D eigenvalue weighted by molar-refractivity contribution is 6.14. The van der Waals surface area contributed by atoms with Crippen molar-refractivity contribution in [1.29, 1.82) is 0 Å². The number of nitrogens with one attached hydrogen (secondary N) is 5. The van der Waals surface area contributed by atoms with Crippen LogP contribution in [0.1, 0.15) is 25.8 Å². The number of nitro groups is 1. The minimum atomic E-state index is -1.22. The fraction of sp³-hybridized carbons (Fsp3) is 0.312. The van der Waals surface area contributed by atoms with Gasteiger partial charge >= 0.3 is 12.2 Å². The number of imide groups is 1. The van der Waals surface area contributed by atoms with Crippen LogP contribution in [0.15, 0.2) is 60.7 Å². The van der Waals surface area contributed by atoms with Crippen LogP contribution >= 0.6 is 0 Å². The Kier molecular flexibility index (Phi) is 14.3. The third-order valence-corrected chi connectivity index (χ3v) is 7.11. The van der Waals surface area contributed by atoms with Gasteiger partial charge in [-0.2, -0.15) is 0 Å². The van der Waals surface area contributed by atoms with Gasteiger partial charge in [0.1, 0.15) is 31.0 Å². The van der Waals surface area contributed by atoms with Crippen LogP contribution in [0.25, 0.3) is 0 Å². The molecule has 2 aromatic carbocycles. The van der Waals surface area contributed by atoms with Gasteiger partial charge in [0.15, 0.2) is 0 Å². The molecule has 0 unspecified atom stereocenters. The molecule has 7 N–H and O–H groups in total. The van der Waals surface area contributed by atoms with Gasteiger partial charge in [-0.1, -0.05) is 26.0 Å². The first-order valence-electron chi connectivity index (χ1n) is 15.5. The monoisotopic (exact) mass is 724 g/mol. The van der Waals surface area contributed by atoms with E-state index < -0.39 is 83.6 Å². The van der Waals surface area contributed by atoms with Crippen LogP contribution in [0.4, 0.5) is 21.0 Å². The molecule has 0 radical (unpaired) electrons. The lowest BCUT2D eigenvalue weighted by molar-refractivity contribution is -0.384. The molecule has 0 fully saturated rings. The zero-order valence-corrected chi connectivity index (χ0v) is 27.9. The second-order valence-corrected chi connectivity index (χ2v) is 11.4. The lowest BCUT2D eigenvalue weighted by Gasteiger charge is -2.25. The van der Waals surface area contributed by atoms with E-state index >= 15 is 0 Å². The molecule has 0 aliphatic carbocycles. The van der Waals surface area contributed by atoms with Gasteiger partial charge in [0, 0.05) is 36.5 Å². The van der Waals surface area contributed by atoms with Crippen LogP contribution in [0.5, 0.6) is 5.75 Å². The first-order chi connectivity index (χ1) is 24.6. The smallest absolute Gasteiger partial charge is 0.429 e. The first kappa shape index (κ1) is 39.6. The topological polar surface area (TPSA) is 288 Å². The number of amides is 8. The molecule has 0 saturated heterocycles. The first-order valence-corrected chi connectivity index (χ1v) is 15.5. The molecule has 0 bridgehead atoms. The van der Waals surface area contributed by atoms with Crippen LogP contribution < -0.4 is 37.1 Å².